The Labute approximate surface area is 118 Å². The number of amides is 1. The van der Waals surface area contributed by atoms with Crippen molar-refractivity contribution in [2.24, 2.45) is 11.7 Å². The standard InChI is InChI=1S/C14H20N2O4/c1-9(2)8-20-12-6-10(14(18)19-3)4-5-11(12)16-13(17)7-15/h4-6,9H,7-8,15H2,1-3H3,(H,16,17). The maximum atomic E-state index is 11.5. The van der Waals surface area contributed by atoms with Crippen molar-refractivity contribution >= 4 is 17.6 Å². The molecule has 110 valence electrons. The Balaban J connectivity index is 3.02. The van der Waals surface area contributed by atoms with Crippen molar-refractivity contribution in [3.05, 3.63) is 23.8 Å². The van der Waals surface area contributed by atoms with Gasteiger partial charge in [-0.05, 0) is 24.1 Å². The molecule has 0 aliphatic carbocycles. The zero-order chi connectivity index (χ0) is 15.1. The van der Waals surface area contributed by atoms with Gasteiger partial charge < -0.3 is 20.5 Å². The van der Waals surface area contributed by atoms with Crippen LogP contribution in [0.5, 0.6) is 5.75 Å². The number of carbonyl (C=O) groups is 2. The number of carbonyl (C=O) groups excluding carboxylic acids is 2. The molecule has 0 radical (unpaired) electrons. The topological polar surface area (TPSA) is 90.7 Å². The monoisotopic (exact) mass is 280 g/mol. The number of rotatable bonds is 6. The molecule has 0 fully saturated rings. The van der Waals surface area contributed by atoms with E-state index in [1.165, 1.54) is 7.11 Å². The smallest absolute Gasteiger partial charge is 0.337 e. The van der Waals surface area contributed by atoms with Crippen LogP contribution in [0, 0.1) is 5.92 Å². The van der Waals surface area contributed by atoms with Crippen LogP contribution in [0.1, 0.15) is 24.2 Å². The largest absolute Gasteiger partial charge is 0.491 e. The molecule has 0 aromatic heterocycles. The molecule has 0 spiro atoms. The number of anilines is 1. The van der Waals surface area contributed by atoms with Crippen molar-refractivity contribution < 1.29 is 19.1 Å². The second-order valence-corrected chi connectivity index (χ2v) is 4.66. The van der Waals surface area contributed by atoms with E-state index in [-0.39, 0.29) is 12.5 Å². The van der Waals surface area contributed by atoms with Crippen LogP contribution in [0.15, 0.2) is 18.2 Å². The first-order valence-electron chi connectivity index (χ1n) is 6.33. The van der Waals surface area contributed by atoms with E-state index in [1.807, 2.05) is 13.8 Å². The second-order valence-electron chi connectivity index (χ2n) is 4.66. The molecule has 0 unspecified atom stereocenters. The molecular weight excluding hydrogens is 260 g/mol. The number of hydrogen-bond donors (Lipinski definition) is 2. The Morgan fingerprint density at radius 3 is 2.60 bits per heavy atom. The molecule has 0 saturated heterocycles. The molecule has 1 aromatic rings. The van der Waals surface area contributed by atoms with Crippen molar-refractivity contribution in [2.45, 2.75) is 13.8 Å². The number of methoxy groups -OCH3 is 1. The maximum absolute atomic E-state index is 11.5. The van der Waals surface area contributed by atoms with Crippen LogP contribution in [0.25, 0.3) is 0 Å². The summed E-state index contributed by atoms with van der Waals surface area (Å²) in [5.74, 6) is -0.0560. The number of nitrogens with one attached hydrogen (secondary N) is 1. The first kappa shape index (κ1) is 16.0. The van der Waals surface area contributed by atoms with Gasteiger partial charge in [0.25, 0.3) is 0 Å². The molecule has 1 aromatic carbocycles. The number of benzene rings is 1. The second kappa shape index (κ2) is 7.49. The fraction of sp³-hybridized carbons (Fsp3) is 0.429. The minimum Gasteiger partial charge on any atom is -0.491 e. The summed E-state index contributed by atoms with van der Waals surface area (Å²) in [4.78, 5) is 22.9. The Bertz CT molecular complexity index is 486. The van der Waals surface area contributed by atoms with E-state index < -0.39 is 5.97 Å². The zero-order valence-corrected chi connectivity index (χ0v) is 11.9. The van der Waals surface area contributed by atoms with Gasteiger partial charge in [-0.2, -0.15) is 0 Å². The molecule has 0 saturated carbocycles. The molecule has 1 amide bonds. The molecule has 0 aliphatic heterocycles. The van der Waals surface area contributed by atoms with Crippen LogP contribution in [0.4, 0.5) is 5.69 Å². The van der Waals surface area contributed by atoms with Gasteiger partial charge in [-0.25, -0.2) is 4.79 Å². The number of esters is 1. The van der Waals surface area contributed by atoms with Gasteiger partial charge in [-0.1, -0.05) is 13.8 Å². The van der Waals surface area contributed by atoms with Gasteiger partial charge in [0.2, 0.25) is 5.91 Å². The molecule has 0 aliphatic rings. The Morgan fingerprint density at radius 2 is 2.05 bits per heavy atom. The fourth-order valence-electron chi connectivity index (χ4n) is 1.45. The van der Waals surface area contributed by atoms with Crippen molar-refractivity contribution in [3.63, 3.8) is 0 Å². The van der Waals surface area contributed by atoms with Crippen LogP contribution in [0.3, 0.4) is 0 Å². The maximum Gasteiger partial charge on any atom is 0.337 e. The number of ether oxygens (including phenoxy) is 2. The lowest BCUT2D eigenvalue weighted by molar-refractivity contribution is -0.114. The lowest BCUT2D eigenvalue weighted by Gasteiger charge is -2.14. The molecule has 20 heavy (non-hydrogen) atoms. The van der Waals surface area contributed by atoms with Crippen LogP contribution in [-0.4, -0.2) is 32.1 Å². The first-order valence-corrected chi connectivity index (χ1v) is 6.33. The van der Waals surface area contributed by atoms with Crippen LogP contribution in [-0.2, 0) is 9.53 Å². The normalized spacial score (nSPS) is 10.2. The highest BCUT2D eigenvalue weighted by molar-refractivity contribution is 5.95. The van der Waals surface area contributed by atoms with Crippen molar-refractivity contribution in [1.82, 2.24) is 0 Å². The molecule has 6 nitrogen and oxygen atoms in total. The van der Waals surface area contributed by atoms with Crippen LogP contribution < -0.4 is 15.8 Å². The van der Waals surface area contributed by atoms with Crippen molar-refractivity contribution in [1.29, 1.82) is 0 Å². The first-order chi connectivity index (χ1) is 9.47. The summed E-state index contributed by atoms with van der Waals surface area (Å²) in [5, 5.41) is 2.63. The highest BCUT2D eigenvalue weighted by Crippen LogP contribution is 2.26. The Kier molecular flexibility index (Phi) is 5.99. The average Bonchev–Trinajstić information content (AvgIpc) is 2.44. The van der Waals surface area contributed by atoms with Gasteiger partial charge in [-0.3, -0.25) is 4.79 Å². The van der Waals surface area contributed by atoms with E-state index >= 15 is 0 Å². The summed E-state index contributed by atoms with van der Waals surface area (Å²) in [7, 11) is 1.31. The summed E-state index contributed by atoms with van der Waals surface area (Å²) in [6, 6.07) is 4.69. The minimum atomic E-state index is -0.462. The van der Waals surface area contributed by atoms with E-state index in [0.717, 1.165) is 0 Å². The molecule has 0 bridgehead atoms. The van der Waals surface area contributed by atoms with E-state index in [4.69, 9.17) is 10.5 Å². The highest BCUT2D eigenvalue weighted by Gasteiger charge is 2.13. The Morgan fingerprint density at radius 1 is 1.35 bits per heavy atom. The summed E-state index contributed by atoms with van der Waals surface area (Å²) in [6.45, 7) is 4.35. The Hall–Kier alpha value is -2.08. The number of hydrogen-bond acceptors (Lipinski definition) is 5. The fourth-order valence-corrected chi connectivity index (χ4v) is 1.45. The van der Waals surface area contributed by atoms with Gasteiger partial charge in [0.05, 0.1) is 31.5 Å². The van der Waals surface area contributed by atoms with E-state index in [2.05, 4.69) is 10.1 Å². The summed E-state index contributed by atoms with van der Waals surface area (Å²) in [5.41, 5.74) is 6.10. The van der Waals surface area contributed by atoms with E-state index in [9.17, 15) is 9.59 Å². The van der Waals surface area contributed by atoms with Crippen LogP contribution in [0.2, 0.25) is 0 Å². The van der Waals surface area contributed by atoms with Gasteiger partial charge in [-0.15, -0.1) is 0 Å². The summed E-state index contributed by atoms with van der Waals surface area (Å²) in [6.07, 6.45) is 0. The third kappa shape index (κ3) is 4.55. The van der Waals surface area contributed by atoms with E-state index in [1.54, 1.807) is 18.2 Å². The highest BCUT2D eigenvalue weighted by atomic mass is 16.5. The van der Waals surface area contributed by atoms with Gasteiger partial charge in [0.1, 0.15) is 5.75 Å². The summed E-state index contributed by atoms with van der Waals surface area (Å²) >= 11 is 0. The van der Waals surface area contributed by atoms with Gasteiger partial charge >= 0.3 is 5.97 Å². The zero-order valence-electron chi connectivity index (χ0n) is 11.9. The third-order valence-corrected chi connectivity index (χ3v) is 2.43. The minimum absolute atomic E-state index is 0.123. The quantitative estimate of drug-likeness (QED) is 0.769. The van der Waals surface area contributed by atoms with E-state index in [0.29, 0.717) is 29.5 Å². The molecule has 0 atom stereocenters. The average molecular weight is 280 g/mol. The molecule has 0 heterocycles. The molecular formula is C14H20N2O4. The summed E-state index contributed by atoms with van der Waals surface area (Å²) < 4.78 is 10.3. The lowest BCUT2D eigenvalue weighted by Crippen LogP contribution is -2.22. The molecule has 6 heteroatoms. The van der Waals surface area contributed by atoms with Gasteiger partial charge in [0, 0.05) is 0 Å². The predicted octanol–water partition coefficient (Wildman–Crippen LogP) is 1.41. The molecule has 1 rings (SSSR count). The lowest BCUT2D eigenvalue weighted by atomic mass is 10.2. The third-order valence-electron chi connectivity index (χ3n) is 2.43. The van der Waals surface area contributed by atoms with Gasteiger partial charge in [0.15, 0.2) is 0 Å². The van der Waals surface area contributed by atoms with Crippen molar-refractivity contribution in [2.75, 3.05) is 25.6 Å². The van der Waals surface area contributed by atoms with Crippen molar-refractivity contribution in [3.8, 4) is 5.75 Å². The SMILES string of the molecule is COC(=O)c1ccc(NC(=O)CN)c(OCC(C)C)c1. The predicted molar refractivity (Wildman–Crippen MR) is 75.8 cm³/mol. The van der Waals surface area contributed by atoms with Crippen LogP contribution >= 0.6 is 0 Å². The molecule has 3 N–H and O–H groups in total. The number of nitrogens with two attached hydrogens (primary N) is 1.